The smallest absolute Gasteiger partial charge is 0.285 e. The number of hydrogen-bond acceptors (Lipinski definition) is 4. The number of nitrogens with zero attached hydrogens (tertiary/aromatic N) is 2. The fraction of sp³-hybridized carbons (Fsp3) is 0.263. The first-order valence-corrected chi connectivity index (χ1v) is 10.7. The Morgan fingerprint density at radius 1 is 1.19 bits per heavy atom. The molecule has 0 aliphatic carbocycles. The van der Waals surface area contributed by atoms with E-state index < -0.39 is 10.0 Å². The van der Waals surface area contributed by atoms with E-state index in [2.05, 4.69) is 25.6 Å². The Balaban J connectivity index is 1.62. The van der Waals surface area contributed by atoms with Gasteiger partial charge in [0.15, 0.2) is 5.84 Å². The first kappa shape index (κ1) is 19.6. The van der Waals surface area contributed by atoms with Crippen LogP contribution in [-0.2, 0) is 21.2 Å². The Hall–Kier alpha value is -2.19. The quantitative estimate of drug-likeness (QED) is 0.760. The van der Waals surface area contributed by atoms with E-state index in [1.165, 1.54) is 6.07 Å². The van der Waals surface area contributed by atoms with Crippen molar-refractivity contribution in [3.05, 3.63) is 64.1 Å². The molecule has 0 spiro atoms. The Labute approximate surface area is 167 Å². The minimum atomic E-state index is -3.69. The van der Waals surface area contributed by atoms with Crippen LogP contribution >= 0.6 is 15.9 Å². The summed E-state index contributed by atoms with van der Waals surface area (Å²) in [6, 6.07) is 14.5. The molecule has 1 atom stereocenters. The monoisotopic (exact) mass is 449 g/mol. The third-order valence-electron chi connectivity index (χ3n) is 4.22. The summed E-state index contributed by atoms with van der Waals surface area (Å²) < 4.78 is 29.1. The fourth-order valence-electron chi connectivity index (χ4n) is 3.00. The molecule has 2 aromatic carbocycles. The van der Waals surface area contributed by atoms with Crippen molar-refractivity contribution in [1.29, 1.82) is 0 Å². The zero-order chi connectivity index (χ0) is 19.6. The van der Waals surface area contributed by atoms with Gasteiger partial charge in [0.25, 0.3) is 10.0 Å². The molecule has 0 aromatic heterocycles. The summed E-state index contributed by atoms with van der Waals surface area (Å²) in [5.74, 6) is 0.105. The number of carbonyl (C=O) groups excluding carboxylic acids is 1. The van der Waals surface area contributed by atoms with E-state index in [4.69, 9.17) is 0 Å². The number of likely N-dealkylation sites (N-methyl/N-ethyl adjacent to an activating group) is 1. The van der Waals surface area contributed by atoms with Crippen LogP contribution < -0.4 is 5.32 Å². The molecule has 2 aromatic rings. The molecular weight excluding hydrogens is 430 g/mol. The number of nitrogens with one attached hydrogen (secondary N) is 1. The van der Waals surface area contributed by atoms with Crippen LogP contribution in [0.2, 0.25) is 0 Å². The van der Waals surface area contributed by atoms with E-state index in [1.54, 1.807) is 30.1 Å². The first-order valence-electron chi connectivity index (χ1n) is 8.45. The molecular formula is C19H20BrN3O3S. The van der Waals surface area contributed by atoms with Crippen LogP contribution in [-0.4, -0.2) is 44.7 Å². The molecule has 142 valence electrons. The van der Waals surface area contributed by atoms with Gasteiger partial charge in [0.1, 0.15) is 4.90 Å². The highest BCUT2D eigenvalue weighted by atomic mass is 79.9. The van der Waals surface area contributed by atoms with Crippen molar-refractivity contribution in [2.45, 2.75) is 24.3 Å². The maximum absolute atomic E-state index is 12.4. The van der Waals surface area contributed by atoms with Crippen LogP contribution in [0.3, 0.4) is 0 Å². The molecule has 1 heterocycles. The van der Waals surface area contributed by atoms with Crippen molar-refractivity contribution in [2.24, 2.45) is 4.40 Å². The number of benzene rings is 2. The lowest BCUT2D eigenvalue weighted by molar-refractivity contribution is -0.121. The molecule has 3 rings (SSSR count). The average molecular weight is 450 g/mol. The average Bonchev–Trinajstić information content (AvgIpc) is 2.89. The van der Waals surface area contributed by atoms with Crippen LogP contribution in [0.4, 0.5) is 0 Å². The van der Waals surface area contributed by atoms with Gasteiger partial charge in [-0.05, 0) is 43.2 Å². The van der Waals surface area contributed by atoms with Gasteiger partial charge in [-0.3, -0.25) is 4.79 Å². The summed E-state index contributed by atoms with van der Waals surface area (Å²) in [5, 5.41) is 2.95. The molecule has 1 aliphatic rings. The molecule has 0 fully saturated rings. The van der Waals surface area contributed by atoms with Crippen LogP contribution in [0.15, 0.2) is 62.3 Å². The highest BCUT2D eigenvalue weighted by molar-refractivity contribution is 9.10. The standard InChI is InChI=1S/C19H20BrN3O3S/c1-13(11-14-7-9-15(20)10-8-14)21-18(24)12-23(2)19-16-5-3-4-6-17(16)27(25,26)22-19/h3-10,13H,11-12H2,1-2H3,(H,21,24). The molecule has 0 bridgehead atoms. The van der Waals surface area contributed by atoms with E-state index in [0.29, 0.717) is 17.8 Å². The second kappa shape index (κ2) is 7.82. The zero-order valence-corrected chi connectivity index (χ0v) is 17.4. The fourth-order valence-corrected chi connectivity index (χ4v) is 4.52. The van der Waals surface area contributed by atoms with E-state index in [-0.39, 0.29) is 23.4 Å². The van der Waals surface area contributed by atoms with E-state index in [0.717, 1.165) is 10.0 Å². The van der Waals surface area contributed by atoms with Crippen molar-refractivity contribution in [3.63, 3.8) is 0 Å². The first-order chi connectivity index (χ1) is 12.8. The number of carbonyl (C=O) groups is 1. The number of amidine groups is 1. The molecule has 1 N–H and O–H groups in total. The molecule has 0 saturated carbocycles. The molecule has 0 saturated heterocycles. The van der Waals surface area contributed by atoms with Crippen molar-refractivity contribution in [2.75, 3.05) is 13.6 Å². The molecule has 8 heteroatoms. The molecule has 1 amide bonds. The van der Waals surface area contributed by atoms with Crippen molar-refractivity contribution in [3.8, 4) is 0 Å². The van der Waals surface area contributed by atoms with Gasteiger partial charge in [-0.2, -0.15) is 8.42 Å². The number of sulfonamides is 1. The Morgan fingerprint density at radius 3 is 2.56 bits per heavy atom. The van der Waals surface area contributed by atoms with Gasteiger partial charge < -0.3 is 10.2 Å². The summed E-state index contributed by atoms with van der Waals surface area (Å²) in [6.45, 7) is 1.96. The summed E-state index contributed by atoms with van der Waals surface area (Å²) in [4.78, 5) is 14.1. The number of halogens is 1. The lowest BCUT2D eigenvalue weighted by Crippen LogP contribution is -2.42. The molecule has 1 aliphatic heterocycles. The minimum Gasteiger partial charge on any atom is -0.352 e. The summed E-state index contributed by atoms with van der Waals surface area (Å²) in [5.41, 5.74) is 1.65. The molecule has 6 nitrogen and oxygen atoms in total. The SMILES string of the molecule is CC(Cc1ccc(Br)cc1)NC(=O)CN(C)C1=NS(=O)(=O)c2ccccc21. The summed E-state index contributed by atoms with van der Waals surface area (Å²) >= 11 is 3.40. The van der Waals surface area contributed by atoms with Crippen LogP contribution in [0.1, 0.15) is 18.1 Å². The number of amides is 1. The third-order valence-corrected chi connectivity index (χ3v) is 6.07. The molecule has 0 radical (unpaired) electrons. The largest absolute Gasteiger partial charge is 0.352 e. The van der Waals surface area contributed by atoms with E-state index in [9.17, 15) is 13.2 Å². The summed E-state index contributed by atoms with van der Waals surface area (Å²) in [6.07, 6.45) is 0.709. The Morgan fingerprint density at radius 2 is 1.85 bits per heavy atom. The zero-order valence-electron chi connectivity index (χ0n) is 15.0. The number of hydrogen-bond donors (Lipinski definition) is 1. The highest BCUT2D eigenvalue weighted by Gasteiger charge is 2.30. The van der Waals surface area contributed by atoms with E-state index >= 15 is 0 Å². The maximum Gasteiger partial charge on any atom is 0.285 e. The second-order valence-corrected chi connectivity index (χ2v) is 9.03. The van der Waals surface area contributed by atoms with Gasteiger partial charge >= 0.3 is 0 Å². The van der Waals surface area contributed by atoms with Crippen molar-refractivity contribution < 1.29 is 13.2 Å². The Bertz CT molecular complexity index is 988. The Kier molecular flexibility index (Phi) is 5.67. The minimum absolute atomic E-state index is 0.0212. The lowest BCUT2D eigenvalue weighted by Gasteiger charge is -2.20. The predicted molar refractivity (Wildman–Crippen MR) is 108 cm³/mol. The predicted octanol–water partition coefficient (Wildman–Crippen LogP) is 2.58. The van der Waals surface area contributed by atoms with Gasteiger partial charge in [0, 0.05) is 23.1 Å². The summed E-state index contributed by atoms with van der Waals surface area (Å²) in [7, 11) is -2.03. The van der Waals surface area contributed by atoms with Gasteiger partial charge in [-0.1, -0.05) is 40.2 Å². The van der Waals surface area contributed by atoms with Crippen LogP contribution in [0.5, 0.6) is 0 Å². The van der Waals surface area contributed by atoms with Gasteiger partial charge in [-0.25, -0.2) is 0 Å². The van der Waals surface area contributed by atoms with Gasteiger partial charge in [-0.15, -0.1) is 4.40 Å². The number of fused-ring (bicyclic) bond motifs is 1. The topological polar surface area (TPSA) is 78.8 Å². The third kappa shape index (κ3) is 4.56. The maximum atomic E-state index is 12.4. The highest BCUT2D eigenvalue weighted by Crippen LogP contribution is 2.26. The number of rotatable bonds is 5. The van der Waals surface area contributed by atoms with Crippen LogP contribution in [0.25, 0.3) is 0 Å². The van der Waals surface area contributed by atoms with E-state index in [1.807, 2.05) is 31.2 Å². The van der Waals surface area contributed by atoms with Gasteiger partial charge in [0.2, 0.25) is 5.91 Å². The van der Waals surface area contributed by atoms with Crippen molar-refractivity contribution >= 4 is 37.7 Å². The molecule has 27 heavy (non-hydrogen) atoms. The second-order valence-electron chi connectivity index (χ2n) is 6.54. The van der Waals surface area contributed by atoms with Crippen molar-refractivity contribution in [1.82, 2.24) is 10.2 Å². The molecule has 1 unspecified atom stereocenters. The normalized spacial score (nSPS) is 15.6. The van der Waals surface area contributed by atoms with Crippen LogP contribution in [0, 0.1) is 0 Å². The lowest BCUT2D eigenvalue weighted by atomic mass is 10.1. The van der Waals surface area contributed by atoms with Gasteiger partial charge in [0.05, 0.1) is 6.54 Å².